The molecular formula is C118H82BBr4NO4. The molecule has 614 valence electrons. The fourth-order valence-corrected chi connectivity index (χ4v) is 21.8. The summed E-state index contributed by atoms with van der Waals surface area (Å²) in [4.78, 5) is 20.9. The van der Waals surface area contributed by atoms with Gasteiger partial charge in [0.05, 0.1) is 27.3 Å². The van der Waals surface area contributed by atoms with E-state index >= 15 is 0 Å². The van der Waals surface area contributed by atoms with E-state index in [4.69, 9.17) is 9.31 Å². The van der Waals surface area contributed by atoms with Gasteiger partial charge in [-0.05, 0) is 278 Å². The van der Waals surface area contributed by atoms with Gasteiger partial charge in [-0.3, -0.25) is 9.59 Å². The summed E-state index contributed by atoms with van der Waals surface area (Å²) in [5.41, 5.74) is 26.1. The molecular weight excluding hydrogens is 1830 g/mol. The molecule has 0 spiro atoms. The van der Waals surface area contributed by atoms with Crippen molar-refractivity contribution in [1.82, 2.24) is 3.93 Å². The van der Waals surface area contributed by atoms with Gasteiger partial charge >= 0.3 is 7.12 Å². The van der Waals surface area contributed by atoms with Crippen molar-refractivity contribution >= 4 is 185 Å². The number of hydrogen-bond donors (Lipinski definition) is 0. The third-order valence-corrected chi connectivity index (χ3v) is 28.9. The van der Waals surface area contributed by atoms with Crippen molar-refractivity contribution in [2.24, 2.45) is 0 Å². The summed E-state index contributed by atoms with van der Waals surface area (Å²) in [6.07, 6.45) is 0.703. The second kappa shape index (κ2) is 34.0. The van der Waals surface area contributed by atoms with Crippen LogP contribution in [0.1, 0.15) is 40.5 Å². The highest BCUT2D eigenvalue weighted by atomic mass is 79.9. The normalized spacial score (nSPS) is 13.6. The Morgan fingerprint density at radius 3 is 0.828 bits per heavy atom. The molecule has 128 heavy (non-hydrogen) atoms. The molecule has 25 rings (SSSR count). The van der Waals surface area contributed by atoms with Crippen molar-refractivity contribution in [3.8, 4) is 111 Å². The molecule has 10 heteroatoms. The SMILES string of the molecule is Brc1ccc2c3c(cccc13)-c1cc3c(-c4ccccc4)c4ccccc4c(-c4ccccc4)c3cc1-2.Brc1cccc2cccc(Br)c12.CC1(C)OB(c2ccc3c(-c4ccccc4)c4ccccc4c(-c4ccccc4)c3c2)OC1(C)C.O=C1CCC(=O)N1Br.c1ccc(-c2c3ccccc3c(-c3ccccc3)c3cc4c(cc23)-c2cccc3cccc-4c23)cc1. The summed E-state index contributed by atoms with van der Waals surface area (Å²) in [6, 6.07) is 145. The van der Waals surface area contributed by atoms with E-state index in [2.05, 4.69) is 468 Å². The van der Waals surface area contributed by atoms with Gasteiger partial charge in [0, 0.05) is 31.6 Å². The smallest absolute Gasteiger partial charge is 0.399 e. The molecule has 2 amide bonds. The first kappa shape index (κ1) is 82.0. The van der Waals surface area contributed by atoms with E-state index in [1.807, 2.05) is 24.3 Å². The zero-order chi connectivity index (χ0) is 87.1. The van der Waals surface area contributed by atoms with Gasteiger partial charge in [-0.2, -0.15) is 0 Å². The van der Waals surface area contributed by atoms with Crippen molar-refractivity contribution in [1.29, 1.82) is 0 Å². The van der Waals surface area contributed by atoms with Crippen molar-refractivity contribution < 1.29 is 18.9 Å². The maximum atomic E-state index is 10.4. The van der Waals surface area contributed by atoms with Crippen LogP contribution >= 0.6 is 63.9 Å². The van der Waals surface area contributed by atoms with E-state index < -0.39 is 7.12 Å². The first-order valence-electron chi connectivity index (χ1n) is 43.3. The summed E-state index contributed by atoms with van der Waals surface area (Å²) in [5.74, 6) is -0.287. The van der Waals surface area contributed by atoms with Crippen molar-refractivity contribution in [2.45, 2.75) is 51.7 Å². The molecule has 2 aliphatic carbocycles. The Kier molecular flexibility index (Phi) is 21.8. The second-order valence-corrected chi connectivity index (χ2v) is 37.3. The lowest BCUT2D eigenvalue weighted by molar-refractivity contribution is -0.131. The first-order chi connectivity index (χ1) is 62.5. The molecule has 0 radical (unpaired) electrons. The van der Waals surface area contributed by atoms with Gasteiger partial charge in [0.2, 0.25) is 11.8 Å². The highest BCUT2D eigenvalue weighted by molar-refractivity contribution is 9.11. The number of imide groups is 1. The van der Waals surface area contributed by atoms with Crippen molar-refractivity contribution in [3.63, 3.8) is 0 Å². The van der Waals surface area contributed by atoms with Gasteiger partial charge in [0.15, 0.2) is 0 Å². The molecule has 0 bridgehead atoms. The quantitative estimate of drug-likeness (QED) is 0.0691. The molecule has 0 N–H and O–H groups in total. The number of carbonyl (C=O) groups excluding carboxylic acids is 2. The number of benzene rings is 21. The largest absolute Gasteiger partial charge is 0.494 e. The zero-order valence-electron chi connectivity index (χ0n) is 70.7. The fraction of sp³-hybridized carbons (Fsp3) is 0.0678. The van der Waals surface area contributed by atoms with Crippen molar-refractivity contribution in [2.75, 3.05) is 0 Å². The summed E-state index contributed by atoms with van der Waals surface area (Å²) in [5, 5.41) is 23.1. The topological polar surface area (TPSA) is 55.8 Å². The van der Waals surface area contributed by atoms with E-state index in [0.29, 0.717) is 12.8 Å². The molecule has 0 aromatic heterocycles. The highest BCUT2D eigenvalue weighted by Gasteiger charge is 2.52. The molecule has 2 saturated heterocycles. The maximum Gasteiger partial charge on any atom is 0.494 e. The van der Waals surface area contributed by atoms with E-state index in [1.165, 1.54) is 208 Å². The number of rotatable bonds is 7. The summed E-state index contributed by atoms with van der Waals surface area (Å²) in [6.45, 7) is 8.41. The Hall–Kier alpha value is -13.0. The Morgan fingerprint density at radius 2 is 0.508 bits per heavy atom. The standard InChI is InChI=1S/C36H21Br.C36H22.C32H29BO2.C10H6Br2.C4H4BrNO2/c37-33-19-18-27-30-21-32-31(20-29(30)26-16-9-17-28(33)36(26)27)34(22-10-3-1-4-11-22)24-14-7-8-15-25(24)35(32)23-12-5-2-6-13-23;1-3-11-23(12-4-1)35-26-17-7-8-18-27(26)36(24-13-5-2-6-14-24)33-22-31-29-20-10-16-25-15-9-19-28(34(25)29)30(31)21-32(33)35;1-31(2)32(3,4)35-33(34-31)24-19-20-27-28(21-24)30(23-15-9-6-10-16-23)26-18-12-11-17-25(26)29(27)22-13-7-5-8-14-22;11-8-5-1-3-7-4-2-6-9(12)10(7)8;5-6-3(7)1-2-4(6)8/h1-21H;1-22H;5-21H,1-4H3;1-6H;1-2H2. The molecule has 2 aliphatic heterocycles. The minimum absolute atomic E-state index is 0.144. The third-order valence-electron chi connectivity index (χ3n) is 26.1. The van der Waals surface area contributed by atoms with E-state index in [1.54, 1.807) is 0 Å². The number of nitrogens with zero attached hydrogens (tertiary/aromatic N) is 1. The van der Waals surface area contributed by atoms with E-state index in [0.717, 1.165) is 22.8 Å². The molecule has 0 saturated carbocycles. The number of amides is 2. The van der Waals surface area contributed by atoms with Crippen LogP contribution in [0.25, 0.3) is 208 Å². The molecule has 2 fully saturated rings. The molecule has 0 unspecified atom stereocenters. The minimum atomic E-state index is -0.403. The first-order valence-corrected chi connectivity index (χ1v) is 46.4. The molecule has 21 aromatic rings. The molecule has 2 heterocycles. The predicted octanol–water partition coefficient (Wildman–Crippen LogP) is 33.5. The fourth-order valence-electron chi connectivity index (χ4n) is 19.6. The Balaban J connectivity index is 0.000000105. The van der Waals surface area contributed by atoms with Crippen LogP contribution in [0.5, 0.6) is 0 Å². The summed E-state index contributed by atoms with van der Waals surface area (Å²) in [7, 11) is -0.403. The van der Waals surface area contributed by atoms with Crippen LogP contribution in [0.3, 0.4) is 0 Å². The van der Waals surface area contributed by atoms with Gasteiger partial charge in [-0.25, -0.2) is 3.93 Å². The van der Waals surface area contributed by atoms with Crippen LogP contribution in [-0.2, 0) is 18.9 Å². The Morgan fingerprint density at radius 1 is 0.242 bits per heavy atom. The van der Waals surface area contributed by atoms with Crippen molar-refractivity contribution in [3.05, 3.63) is 414 Å². The predicted molar refractivity (Wildman–Crippen MR) is 554 cm³/mol. The lowest BCUT2D eigenvalue weighted by Crippen LogP contribution is -2.41. The molecule has 21 aromatic carbocycles. The second-order valence-electron chi connectivity index (χ2n) is 34.0. The average Bonchev–Trinajstić information content (AvgIpc) is 1.52. The van der Waals surface area contributed by atoms with Gasteiger partial charge in [-0.15, -0.1) is 0 Å². The van der Waals surface area contributed by atoms with E-state index in [-0.39, 0.29) is 23.0 Å². The van der Waals surface area contributed by atoms with Gasteiger partial charge < -0.3 is 9.31 Å². The molecule has 0 atom stereocenters. The lowest BCUT2D eigenvalue weighted by Gasteiger charge is -2.32. The van der Waals surface area contributed by atoms with Crippen LogP contribution in [0.2, 0.25) is 0 Å². The molecule has 5 nitrogen and oxygen atoms in total. The number of fused-ring (bicyclic) bond motifs is 13. The monoisotopic (exact) mass is 1900 g/mol. The van der Waals surface area contributed by atoms with E-state index in [9.17, 15) is 9.59 Å². The van der Waals surface area contributed by atoms with Crippen LogP contribution < -0.4 is 5.46 Å². The average molecular weight is 1910 g/mol. The highest BCUT2D eigenvalue weighted by Crippen LogP contribution is 2.56. The number of carbonyl (C=O) groups is 2. The number of hydrogen-bond acceptors (Lipinski definition) is 4. The van der Waals surface area contributed by atoms with Crippen LogP contribution in [0.4, 0.5) is 0 Å². The third kappa shape index (κ3) is 14.6. The Labute approximate surface area is 778 Å². The summed E-state index contributed by atoms with van der Waals surface area (Å²) < 4.78 is 17.2. The van der Waals surface area contributed by atoms with Gasteiger partial charge in [-0.1, -0.05) is 406 Å². The Bertz CT molecular complexity index is 7710. The van der Waals surface area contributed by atoms with Gasteiger partial charge in [0.1, 0.15) is 0 Å². The van der Waals surface area contributed by atoms with Crippen LogP contribution in [0, 0.1) is 0 Å². The summed E-state index contributed by atoms with van der Waals surface area (Å²) >= 11 is 13.6. The van der Waals surface area contributed by atoms with Crippen LogP contribution in [-0.4, -0.2) is 34.1 Å². The van der Waals surface area contributed by atoms with Gasteiger partial charge in [0.25, 0.3) is 0 Å². The lowest BCUT2D eigenvalue weighted by atomic mass is 9.76. The number of halogens is 4. The zero-order valence-corrected chi connectivity index (χ0v) is 77.0. The maximum absolute atomic E-state index is 10.4. The molecule has 4 aliphatic rings. The van der Waals surface area contributed by atoms with Crippen LogP contribution in [0.15, 0.2) is 414 Å². The minimum Gasteiger partial charge on any atom is -0.399 e.